The van der Waals surface area contributed by atoms with Gasteiger partial charge in [0.05, 0.1) is 0 Å². The molecule has 2 unspecified atom stereocenters. The number of hydrogen-bond donors (Lipinski definition) is 1. The van der Waals surface area contributed by atoms with Gasteiger partial charge in [-0.25, -0.2) is 0 Å². The third-order valence-corrected chi connectivity index (χ3v) is 3.98. The van der Waals surface area contributed by atoms with Gasteiger partial charge in [-0.05, 0) is 58.4 Å². The van der Waals surface area contributed by atoms with Crippen LogP contribution >= 0.6 is 0 Å². The quantitative estimate of drug-likeness (QED) is 0.682. The van der Waals surface area contributed by atoms with Gasteiger partial charge < -0.3 is 15.1 Å². The lowest BCUT2D eigenvalue weighted by atomic mass is 9.89. The Kier molecular flexibility index (Phi) is 7.09. The third-order valence-electron chi connectivity index (χ3n) is 3.98. The molecule has 2 atom stereocenters. The van der Waals surface area contributed by atoms with Gasteiger partial charge in [0.15, 0.2) is 0 Å². The van der Waals surface area contributed by atoms with E-state index in [0.717, 1.165) is 24.9 Å². The highest BCUT2D eigenvalue weighted by Gasteiger charge is 2.21. The Morgan fingerprint density at radius 2 is 1.94 bits per heavy atom. The van der Waals surface area contributed by atoms with Gasteiger partial charge in [-0.2, -0.15) is 0 Å². The van der Waals surface area contributed by atoms with Crippen LogP contribution in [0, 0.1) is 11.8 Å². The summed E-state index contributed by atoms with van der Waals surface area (Å²) in [5, 5.41) is 3.55. The largest absolute Gasteiger partial charge is 0.315 e. The molecule has 1 aliphatic rings. The maximum atomic E-state index is 3.55. The monoisotopic (exact) mass is 241 g/mol. The molecule has 0 saturated carbocycles. The first kappa shape index (κ1) is 14.9. The smallest absolute Gasteiger partial charge is 0.0107 e. The average molecular weight is 241 g/mol. The molecule has 0 aliphatic carbocycles. The zero-order chi connectivity index (χ0) is 12.7. The van der Waals surface area contributed by atoms with Gasteiger partial charge in [0.2, 0.25) is 0 Å². The SMILES string of the molecule is CC1CCN(CCNCCCN(C)C)CC1C. The summed E-state index contributed by atoms with van der Waals surface area (Å²) in [5.74, 6) is 1.79. The zero-order valence-electron chi connectivity index (χ0n) is 12.2. The molecule has 1 fully saturated rings. The number of rotatable bonds is 7. The van der Waals surface area contributed by atoms with Crippen molar-refractivity contribution in [1.29, 1.82) is 0 Å². The van der Waals surface area contributed by atoms with E-state index < -0.39 is 0 Å². The van der Waals surface area contributed by atoms with Crippen LogP contribution in [0.4, 0.5) is 0 Å². The van der Waals surface area contributed by atoms with Gasteiger partial charge in [-0.1, -0.05) is 13.8 Å². The van der Waals surface area contributed by atoms with Crippen LogP contribution < -0.4 is 5.32 Å². The molecule has 3 heteroatoms. The third kappa shape index (κ3) is 6.39. The van der Waals surface area contributed by atoms with Crippen molar-refractivity contribution in [1.82, 2.24) is 15.1 Å². The van der Waals surface area contributed by atoms with Crippen LogP contribution in [0.1, 0.15) is 26.7 Å². The molecule has 0 aromatic carbocycles. The van der Waals surface area contributed by atoms with Crippen LogP contribution in [0.2, 0.25) is 0 Å². The minimum atomic E-state index is 0.873. The predicted octanol–water partition coefficient (Wildman–Crippen LogP) is 1.51. The first-order valence-electron chi connectivity index (χ1n) is 7.17. The summed E-state index contributed by atoms with van der Waals surface area (Å²) in [6.07, 6.45) is 2.63. The molecule has 1 saturated heterocycles. The molecule has 102 valence electrons. The molecule has 3 nitrogen and oxygen atoms in total. The van der Waals surface area contributed by atoms with E-state index in [-0.39, 0.29) is 0 Å². The fourth-order valence-corrected chi connectivity index (χ4v) is 2.43. The summed E-state index contributed by atoms with van der Waals surface area (Å²) >= 11 is 0. The fourth-order valence-electron chi connectivity index (χ4n) is 2.43. The van der Waals surface area contributed by atoms with Gasteiger partial charge >= 0.3 is 0 Å². The van der Waals surface area contributed by atoms with E-state index in [1.54, 1.807) is 0 Å². The van der Waals surface area contributed by atoms with Crippen molar-refractivity contribution in [2.24, 2.45) is 11.8 Å². The number of piperidine rings is 1. The van der Waals surface area contributed by atoms with Gasteiger partial charge in [0.1, 0.15) is 0 Å². The Bertz CT molecular complexity index is 194. The Morgan fingerprint density at radius 1 is 1.18 bits per heavy atom. The molecule has 0 amide bonds. The van der Waals surface area contributed by atoms with Gasteiger partial charge in [-0.15, -0.1) is 0 Å². The van der Waals surface area contributed by atoms with Crippen LogP contribution in [0.25, 0.3) is 0 Å². The van der Waals surface area contributed by atoms with Gasteiger partial charge in [0, 0.05) is 19.6 Å². The number of nitrogens with one attached hydrogen (secondary N) is 1. The summed E-state index contributed by atoms with van der Waals surface area (Å²) in [4.78, 5) is 4.86. The maximum absolute atomic E-state index is 3.55. The predicted molar refractivity (Wildman–Crippen MR) is 75.4 cm³/mol. The summed E-state index contributed by atoms with van der Waals surface area (Å²) in [6.45, 7) is 12.1. The molecule has 0 spiro atoms. The minimum absolute atomic E-state index is 0.873. The summed E-state index contributed by atoms with van der Waals surface area (Å²) in [7, 11) is 4.27. The minimum Gasteiger partial charge on any atom is -0.315 e. The van der Waals surface area contributed by atoms with E-state index in [2.05, 4.69) is 43.1 Å². The molecule has 0 bridgehead atoms. The van der Waals surface area contributed by atoms with Crippen LogP contribution in [-0.4, -0.2) is 63.2 Å². The lowest BCUT2D eigenvalue weighted by Crippen LogP contribution is -2.41. The zero-order valence-corrected chi connectivity index (χ0v) is 12.2. The van der Waals surface area contributed by atoms with Crippen molar-refractivity contribution in [3.05, 3.63) is 0 Å². The Hall–Kier alpha value is -0.120. The van der Waals surface area contributed by atoms with Crippen LogP contribution in [0.3, 0.4) is 0 Å². The standard InChI is InChI=1S/C14H31N3/c1-13-6-10-17(12-14(13)2)11-8-15-7-5-9-16(3)4/h13-15H,5-12H2,1-4H3. The molecule has 0 aromatic rings. The molecule has 1 aliphatic heterocycles. The normalized spacial score (nSPS) is 26.6. The van der Waals surface area contributed by atoms with E-state index in [9.17, 15) is 0 Å². The van der Waals surface area contributed by atoms with Crippen molar-refractivity contribution in [3.8, 4) is 0 Å². The number of hydrogen-bond acceptors (Lipinski definition) is 3. The van der Waals surface area contributed by atoms with E-state index in [4.69, 9.17) is 0 Å². The lowest BCUT2D eigenvalue weighted by molar-refractivity contribution is 0.139. The molecular formula is C14H31N3. The van der Waals surface area contributed by atoms with Gasteiger partial charge in [-0.3, -0.25) is 0 Å². The first-order chi connectivity index (χ1) is 8.09. The highest BCUT2D eigenvalue weighted by atomic mass is 15.1. The van der Waals surface area contributed by atoms with Crippen molar-refractivity contribution in [2.45, 2.75) is 26.7 Å². The molecular weight excluding hydrogens is 210 g/mol. The van der Waals surface area contributed by atoms with Crippen molar-refractivity contribution < 1.29 is 0 Å². The molecule has 1 rings (SSSR count). The summed E-state index contributed by atoms with van der Waals surface area (Å²) in [6, 6.07) is 0. The second-order valence-corrected chi connectivity index (χ2v) is 5.95. The molecule has 1 heterocycles. The highest BCUT2D eigenvalue weighted by Crippen LogP contribution is 2.21. The topological polar surface area (TPSA) is 18.5 Å². The first-order valence-corrected chi connectivity index (χ1v) is 7.17. The molecule has 17 heavy (non-hydrogen) atoms. The molecule has 1 N–H and O–H groups in total. The van der Waals surface area contributed by atoms with E-state index in [1.165, 1.54) is 39.0 Å². The van der Waals surface area contributed by atoms with E-state index in [1.807, 2.05) is 0 Å². The summed E-state index contributed by atoms with van der Waals surface area (Å²) in [5.41, 5.74) is 0. The van der Waals surface area contributed by atoms with Crippen molar-refractivity contribution in [3.63, 3.8) is 0 Å². The van der Waals surface area contributed by atoms with E-state index >= 15 is 0 Å². The van der Waals surface area contributed by atoms with Crippen LogP contribution in [-0.2, 0) is 0 Å². The van der Waals surface area contributed by atoms with Crippen LogP contribution in [0.15, 0.2) is 0 Å². The number of nitrogens with zero attached hydrogens (tertiary/aromatic N) is 2. The maximum Gasteiger partial charge on any atom is 0.0107 e. The Balaban J connectivity index is 1.96. The second kappa shape index (κ2) is 8.06. The average Bonchev–Trinajstić information content (AvgIpc) is 2.27. The van der Waals surface area contributed by atoms with Crippen molar-refractivity contribution in [2.75, 3.05) is 53.4 Å². The fraction of sp³-hybridized carbons (Fsp3) is 1.00. The van der Waals surface area contributed by atoms with E-state index in [0.29, 0.717) is 0 Å². The Labute approximate surface area is 108 Å². The molecule has 0 radical (unpaired) electrons. The number of likely N-dealkylation sites (tertiary alicyclic amines) is 1. The van der Waals surface area contributed by atoms with Crippen LogP contribution in [0.5, 0.6) is 0 Å². The lowest BCUT2D eigenvalue weighted by Gasteiger charge is -2.35. The molecule has 0 aromatic heterocycles. The van der Waals surface area contributed by atoms with Gasteiger partial charge in [0.25, 0.3) is 0 Å². The van der Waals surface area contributed by atoms with Crippen molar-refractivity contribution >= 4 is 0 Å². The second-order valence-electron chi connectivity index (χ2n) is 5.95. The summed E-state index contributed by atoms with van der Waals surface area (Å²) < 4.78 is 0. The highest BCUT2D eigenvalue weighted by molar-refractivity contribution is 4.75. The Morgan fingerprint density at radius 3 is 2.59 bits per heavy atom.